The van der Waals surface area contributed by atoms with Gasteiger partial charge in [-0.1, -0.05) is 67.5 Å². The van der Waals surface area contributed by atoms with Gasteiger partial charge in [0.15, 0.2) is 0 Å². The van der Waals surface area contributed by atoms with E-state index in [0.717, 1.165) is 24.0 Å². The molecule has 0 aliphatic heterocycles. The van der Waals surface area contributed by atoms with Gasteiger partial charge >= 0.3 is 0 Å². The van der Waals surface area contributed by atoms with Gasteiger partial charge in [0, 0.05) is 29.2 Å². The maximum Gasteiger partial charge on any atom is 0.248 e. The van der Waals surface area contributed by atoms with E-state index in [1.807, 2.05) is 37.7 Å². The molecule has 0 spiro atoms. The van der Waals surface area contributed by atoms with Gasteiger partial charge in [-0.05, 0) is 73.9 Å². The first-order valence-electron chi connectivity index (χ1n) is 11.6. The van der Waals surface area contributed by atoms with E-state index < -0.39 is 0 Å². The normalized spacial score (nSPS) is 19.3. The average Bonchev–Trinajstić information content (AvgIpc) is 3.27. The van der Waals surface area contributed by atoms with E-state index in [2.05, 4.69) is 67.0 Å². The summed E-state index contributed by atoms with van der Waals surface area (Å²) in [6.45, 7) is 10.9. The summed E-state index contributed by atoms with van der Waals surface area (Å²) in [7, 11) is 0. The van der Waals surface area contributed by atoms with Gasteiger partial charge in [-0.25, -0.2) is 4.98 Å². The minimum atomic E-state index is -0.181. The van der Waals surface area contributed by atoms with Crippen molar-refractivity contribution in [3.63, 3.8) is 0 Å². The van der Waals surface area contributed by atoms with Crippen LogP contribution in [0.5, 0.6) is 0 Å². The van der Waals surface area contributed by atoms with Crippen molar-refractivity contribution in [2.75, 3.05) is 5.32 Å². The predicted octanol–water partition coefficient (Wildman–Crippen LogP) is 7.86. The topological polar surface area (TPSA) is 46.9 Å². The number of hydrogen-bond acceptors (Lipinski definition) is 2. The molecule has 178 valence electrons. The van der Waals surface area contributed by atoms with Crippen LogP contribution >= 0.6 is 11.6 Å². The summed E-state index contributed by atoms with van der Waals surface area (Å²) in [6, 6.07) is 7.47. The molecular weight excluding hydrogens is 442 g/mol. The highest BCUT2D eigenvalue weighted by molar-refractivity contribution is 6.30. The van der Waals surface area contributed by atoms with E-state index in [0.29, 0.717) is 16.8 Å². The Morgan fingerprint density at radius 2 is 2.03 bits per heavy atom. The molecule has 0 saturated carbocycles. The number of rotatable bonds is 7. The molecule has 5 heteroatoms. The van der Waals surface area contributed by atoms with Gasteiger partial charge in [-0.3, -0.25) is 4.79 Å². The highest BCUT2D eigenvalue weighted by atomic mass is 35.5. The second-order valence-corrected chi connectivity index (χ2v) is 9.97. The lowest BCUT2D eigenvalue weighted by Gasteiger charge is -2.37. The fourth-order valence-corrected chi connectivity index (χ4v) is 4.56. The first-order chi connectivity index (χ1) is 16.2. The summed E-state index contributed by atoms with van der Waals surface area (Å²) < 4.78 is 2.21. The average molecular weight is 476 g/mol. The van der Waals surface area contributed by atoms with Crippen LogP contribution in [0.4, 0.5) is 5.69 Å². The van der Waals surface area contributed by atoms with E-state index >= 15 is 0 Å². The smallest absolute Gasteiger partial charge is 0.248 e. The predicted molar refractivity (Wildman–Crippen MR) is 143 cm³/mol. The van der Waals surface area contributed by atoms with Crippen LogP contribution in [0.25, 0.3) is 0 Å². The van der Waals surface area contributed by atoms with Crippen molar-refractivity contribution in [1.29, 1.82) is 0 Å². The van der Waals surface area contributed by atoms with E-state index in [1.54, 1.807) is 24.3 Å². The summed E-state index contributed by atoms with van der Waals surface area (Å²) in [5.74, 6) is -0.181. The Kier molecular flexibility index (Phi) is 8.51. The molecule has 1 atom stereocenters. The molecule has 1 heterocycles. The van der Waals surface area contributed by atoms with Crippen molar-refractivity contribution in [2.45, 2.75) is 53.5 Å². The van der Waals surface area contributed by atoms with E-state index in [9.17, 15) is 4.79 Å². The molecule has 1 aromatic carbocycles. The number of hydrogen-bond donors (Lipinski definition) is 1. The second-order valence-electron chi connectivity index (χ2n) is 9.54. The largest absolute Gasteiger partial charge is 0.330 e. The molecule has 0 radical (unpaired) electrons. The minimum absolute atomic E-state index is 0.142. The molecule has 0 fully saturated rings. The van der Waals surface area contributed by atoms with Gasteiger partial charge in [0.25, 0.3) is 0 Å². The summed E-state index contributed by atoms with van der Waals surface area (Å²) >= 11 is 5.97. The first-order valence-corrected chi connectivity index (χ1v) is 12.0. The van der Waals surface area contributed by atoms with Crippen molar-refractivity contribution in [3.05, 3.63) is 107 Å². The summed E-state index contributed by atoms with van der Waals surface area (Å²) in [5.41, 5.74) is 5.62. The third-order valence-electron chi connectivity index (χ3n) is 6.26. The van der Waals surface area contributed by atoms with Gasteiger partial charge in [-0.2, -0.15) is 0 Å². The molecule has 1 N–H and O–H groups in total. The molecule has 1 aliphatic carbocycles. The number of halogens is 1. The molecule has 4 nitrogen and oxygen atoms in total. The Hall–Kier alpha value is -3.11. The number of aromatic nitrogens is 2. The standard InChI is InChI=1S/C29H34ClN3O/c1-21(8-6-9-22(2)18-28(34)32-25-11-7-10-24(30)19-25)12-13-26-23(3)27(14-15-29(26,4)5)33-17-16-31-20-33/h6-13,16-20,27H,14-15H2,1-5H3,(H,32,34)/b9-6+,13-12+,21-8+,22-18+. The van der Waals surface area contributed by atoms with Crippen LogP contribution in [-0.4, -0.2) is 15.5 Å². The number of nitrogens with one attached hydrogen (secondary N) is 1. The Balaban J connectivity index is 1.66. The summed E-state index contributed by atoms with van der Waals surface area (Å²) in [5, 5.41) is 3.41. The second kappa shape index (κ2) is 11.3. The van der Waals surface area contributed by atoms with Crippen LogP contribution in [0.3, 0.4) is 0 Å². The first kappa shape index (κ1) is 25.5. The summed E-state index contributed by atoms with van der Waals surface area (Å²) in [6.07, 6.45) is 20.0. The van der Waals surface area contributed by atoms with Gasteiger partial charge in [0.2, 0.25) is 5.91 Å². The zero-order chi connectivity index (χ0) is 24.7. The van der Waals surface area contributed by atoms with Crippen molar-refractivity contribution >= 4 is 23.2 Å². The molecule has 0 bridgehead atoms. The maximum absolute atomic E-state index is 12.2. The van der Waals surface area contributed by atoms with Crippen LogP contribution < -0.4 is 5.32 Å². The van der Waals surface area contributed by atoms with E-state index in [-0.39, 0.29) is 11.3 Å². The molecule has 0 saturated heterocycles. The number of carbonyl (C=O) groups excluding carboxylic acids is 1. The van der Waals surface area contributed by atoms with Gasteiger partial charge < -0.3 is 9.88 Å². The monoisotopic (exact) mass is 475 g/mol. The molecule has 1 aliphatic rings. The van der Waals surface area contributed by atoms with E-state index in [4.69, 9.17) is 11.6 Å². The zero-order valence-corrected chi connectivity index (χ0v) is 21.4. The third-order valence-corrected chi connectivity index (χ3v) is 6.50. The van der Waals surface area contributed by atoms with Crippen LogP contribution in [0.15, 0.2) is 102 Å². The lowest BCUT2D eigenvalue weighted by atomic mass is 9.71. The number of nitrogens with zero attached hydrogens (tertiary/aromatic N) is 2. The lowest BCUT2D eigenvalue weighted by Crippen LogP contribution is -2.25. The number of benzene rings is 1. The van der Waals surface area contributed by atoms with Crippen molar-refractivity contribution in [3.8, 4) is 0 Å². The van der Waals surface area contributed by atoms with Gasteiger partial charge in [-0.15, -0.1) is 0 Å². The minimum Gasteiger partial charge on any atom is -0.330 e. The fourth-order valence-electron chi connectivity index (χ4n) is 4.37. The number of amides is 1. The summed E-state index contributed by atoms with van der Waals surface area (Å²) in [4.78, 5) is 16.4. The number of allylic oxidation sites excluding steroid dienone is 9. The highest BCUT2D eigenvalue weighted by Gasteiger charge is 2.32. The Bertz CT molecular complexity index is 1160. The quantitative estimate of drug-likeness (QED) is 0.327. The molecular formula is C29H34ClN3O. The SMILES string of the molecule is CC1=C(/C=C/C(C)=C/C=C/C(C)=C/C(=O)Nc2cccc(Cl)c2)C(C)(C)CCC1n1ccnc1. The molecule has 1 amide bonds. The fraction of sp³-hybridized carbons (Fsp3) is 0.310. The van der Waals surface area contributed by atoms with Gasteiger partial charge in [0.1, 0.15) is 0 Å². The molecule has 3 rings (SSSR count). The Labute approximate surface area is 208 Å². The van der Waals surface area contributed by atoms with Crippen molar-refractivity contribution in [1.82, 2.24) is 9.55 Å². The third kappa shape index (κ3) is 6.94. The van der Waals surface area contributed by atoms with Crippen LogP contribution in [-0.2, 0) is 4.79 Å². The lowest BCUT2D eigenvalue weighted by molar-refractivity contribution is -0.111. The number of imidazole rings is 1. The van der Waals surface area contributed by atoms with Crippen molar-refractivity contribution < 1.29 is 4.79 Å². The molecule has 2 aromatic rings. The maximum atomic E-state index is 12.2. The van der Waals surface area contributed by atoms with Crippen LogP contribution in [0.1, 0.15) is 53.5 Å². The molecule has 1 aromatic heterocycles. The van der Waals surface area contributed by atoms with Gasteiger partial charge in [0.05, 0.1) is 12.4 Å². The highest BCUT2D eigenvalue weighted by Crippen LogP contribution is 2.45. The Morgan fingerprint density at radius 3 is 2.74 bits per heavy atom. The van der Waals surface area contributed by atoms with E-state index in [1.165, 1.54) is 11.1 Å². The number of anilines is 1. The van der Waals surface area contributed by atoms with Crippen LogP contribution in [0, 0.1) is 5.41 Å². The zero-order valence-electron chi connectivity index (χ0n) is 20.7. The Morgan fingerprint density at radius 1 is 1.24 bits per heavy atom. The molecule has 34 heavy (non-hydrogen) atoms. The van der Waals surface area contributed by atoms with Crippen LogP contribution in [0.2, 0.25) is 5.02 Å². The van der Waals surface area contributed by atoms with Crippen molar-refractivity contribution in [2.24, 2.45) is 5.41 Å². The molecule has 1 unspecified atom stereocenters. The number of carbonyl (C=O) groups is 1.